The van der Waals surface area contributed by atoms with E-state index in [1.807, 2.05) is 0 Å². The van der Waals surface area contributed by atoms with Crippen molar-refractivity contribution in [3.8, 4) is 0 Å². The van der Waals surface area contributed by atoms with Crippen LogP contribution in [0.5, 0.6) is 0 Å². The number of benzene rings is 1. The van der Waals surface area contributed by atoms with Crippen LogP contribution in [0.25, 0.3) is 0 Å². The predicted molar refractivity (Wildman–Crippen MR) is 110 cm³/mol. The Morgan fingerprint density at radius 2 is 1.85 bits per heavy atom. The van der Waals surface area contributed by atoms with Gasteiger partial charge in [0.1, 0.15) is 5.82 Å². The van der Waals surface area contributed by atoms with Crippen LogP contribution in [-0.2, 0) is 14.0 Å². The highest BCUT2D eigenvalue weighted by Gasteiger charge is 2.39. The minimum Gasteiger partial charge on any atom is -0.461 e. The maximum Gasteiger partial charge on any atom is 0.357 e. The van der Waals surface area contributed by atoms with E-state index in [4.69, 9.17) is 9.16 Å². The molecule has 146 valence electrons. The van der Waals surface area contributed by atoms with Gasteiger partial charge >= 0.3 is 5.97 Å². The maximum absolute atomic E-state index is 13.2. The number of halogens is 2. The molecule has 0 bridgehead atoms. The van der Waals surface area contributed by atoms with E-state index < -0.39 is 14.3 Å². The van der Waals surface area contributed by atoms with Crippen LogP contribution < -0.4 is 0 Å². The lowest BCUT2D eigenvalue weighted by Crippen LogP contribution is -2.45. The zero-order valence-electron chi connectivity index (χ0n) is 16.4. The molecule has 0 radical (unpaired) electrons. The third-order valence-corrected chi connectivity index (χ3v) is 9.74. The molecule has 1 aromatic carbocycles. The van der Waals surface area contributed by atoms with Crippen LogP contribution >= 0.6 is 15.9 Å². The number of alkyl halides is 1. The molecule has 0 heterocycles. The van der Waals surface area contributed by atoms with Crippen LogP contribution in [0.4, 0.5) is 4.39 Å². The Labute approximate surface area is 165 Å². The van der Waals surface area contributed by atoms with Crippen LogP contribution in [-0.4, -0.2) is 44.6 Å². The first-order chi connectivity index (χ1) is 12.0. The molecule has 1 atom stereocenters. The number of nitrogens with zero attached hydrogens (tertiary/aromatic N) is 1. The van der Waals surface area contributed by atoms with E-state index >= 15 is 0 Å². The number of carbonyl (C=O) groups is 1. The summed E-state index contributed by atoms with van der Waals surface area (Å²) in [5.41, 5.74) is 0.724. The molecule has 0 N–H and O–H groups in total. The fourth-order valence-corrected chi connectivity index (χ4v) is 3.91. The largest absolute Gasteiger partial charge is 0.461 e. The van der Waals surface area contributed by atoms with Crippen LogP contribution in [0.1, 0.15) is 33.3 Å². The third-order valence-electron chi connectivity index (χ3n) is 4.48. The van der Waals surface area contributed by atoms with Gasteiger partial charge < -0.3 is 9.16 Å². The average molecular weight is 446 g/mol. The van der Waals surface area contributed by atoms with E-state index in [0.29, 0.717) is 17.4 Å². The number of rotatable bonds is 8. The summed E-state index contributed by atoms with van der Waals surface area (Å²) in [6.45, 7) is 13.2. The van der Waals surface area contributed by atoms with Gasteiger partial charge in [0.2, 0.25) is 0 Å². The molecule has 1 aromatic rings. The van der Waals surface area contributed by atoms with E-state index in [9.17, 15) is 9.18 Å². The number of esters is 1. The van der Waals surface area contributed by atoms with Gasteiger partial charge in [-0.2, -0.15) is 0 Å². The summed E-state index contributed by atoms with van der Waals surface area (Å²) >= 11 is 3.48. The van der Waals surface area contributed by atoms with Crippen molar-refractivity contribution in [1.82, 2.24) is 0 Å². The molecule has 0 aliphatic carbocycles. The van der Waals surface area contributed by atoms with Crippen molar-refractivity contribution in [3.05, 3.63) is 35.6 Å². The van der Waals surface area contributed by atoms with Crippen molar-refractivity contribution < 1.29 is 18.3 Å². The summed E-state index contributed by atoms with van der Waals surface area (Å²) in [5.74, 6) is -0.878. The van der Waals surface area contributed by atoms with Crippen molar-refractivity contribution in [2.24, 2.45) is 4.99 Å². The van der Waals surface area contributed by atoms with Crippen molar-refractivity contribution >= 4 is 35.9 Å². The molecule has 0 spiro atoms. The van der Waals surface area contributed by atoms with E-state index in [2.05, 4.69) is 54.8 Å². The summed E-state index contributed by atoms with van der Waals surface area (Å²) in [6.07, 6.45) is -0.152. The van der Waals surface area contributed by atoms with E-state index in [1.165, 1.54) is 24.3 Å². The second-order valence-corrected chi connectivity index (χ2v) is 13.0. The Morgan fingerprint density at radius 3 is 2.31 bits per heavy atom. The van der Waals surface area contributed by atoms with Crippen LogP contribution in [0.15, 0.2) is 29.3 Å². The fourth-order valence-electron chi connectivity index (χ4n) is 1.99. The highest BCUT2D eigenvalue weighted by molar-refractivity contribution is 9.09. The Kier molecular flexibility index (Phi) is 8.63. The Morgan fingerprint density at radius 1 is 1.27 bits per heavy atom. The number of aliphatic imine (C=N–C) groups is 1. The summed E-state index contributed by atoms with van der Waals surface area (Å²) in [7, 11) is -1.96. The molecular weight excluding hydrogens is 417 g/mol. The SMILES string of the molecule is CCOC(=O)C(=NC[C@H](CBr)O[Si](C)(C)C(C)(C)C)c1ccc(F)cc1. The quantitative estimate of drug-likeness (QED) is 0.245. The predicted octanol–water partition coefficient (Wildman–Crippen LogP) is 4.96. The first-order valence-electron chi connectivity index (χ1n) is 8.73. The topological polar surface area (TPSA) is 47.9 Å². The van der Waals surface area contributed by atoms with Crippen molar-refractivity contribution in [3.63, 3.8) is 0 Å². The number of hydrogen-bond donors (Lipinski definition) is 0. The van der Waals surface area contributed by atoms with Gasteiger partial charge in [0.25, 0.3) is 0 Å². The summed E-state index contributed by atoms with van der Waals surface area (Å²) in [4.78, 5) is 16.7. The summed E-state index contributed by atoms with van der Waals surface area (Å²) < 4.78 is 24.7. The molecule has 0 amide bonds. The molecule has 0 aromatic heterocycles. The van der Waals surface area contributed by atoms with Gasteiger partial charge in [-0.25, -0.2) is 9.18 Å². The first kappa shape index (κ1) is 23.0. The minimum absolute atomic E-state index is 0.0814. The lowest BCUT2D eigenvalue weighted by atomic mass is 10.1. The van der Waals surface area contributed by atoms with Gasteiger partial charge in [-0.1, -0.05) is 36.7 Å². The van der Waals surface area contributed by atoms with Crippen LogP contribution in [0, 0.1) is 5.82 Å². The smallest absolute Gasteiger partial charge is 0.357 e. The molecule has 26 heavy (non-hydrogen) atoms. The fraction of sp³-hybridized carbons (Fsp3) is 0.579. The summed E-state index contributed by atoms with van der Waals surface area (Å²) in [6, 6.07) is 5.67. The molecule has 0 saturated heterocycles. The Balaban J connectivity index is 3.04. The molecule has 0 fully saturated rings. The van der Waals surface area contributed by atoms with Gasteiger partial charge in [0, 0.05) is 10.9 Å². The Bertz CT molecular complexity index is 627. The van der Waals surface area contributed by atoms with E-state index in [0.717, 1.165) is 0 Å². The lowest BCUT2D eigenvalue weighted by molar-refractivity contribution is -0.134. The van der Waals surface area contributed by atoms with Crippen molar-refractivity contribution in [1.29, 1.82) is 0 Å². The zero-order valence-corrected chi connectivity index (χ0v) is 19.0. The van der Waals surface area contributed by atoms with Crippen LogP contribution in [0.3, 0.4) is 0 Å². The molecule has 1 rings (SSSR count). The molecule has 0 unspecified atom stereocenters. The average Bonchev–Trinajstić information content (AvgIpc) is 2.54. The van der Waals surface area contributed by atoms with Crippen molar-refractivity contribution in [2.75, 3.05) is 18.5 Å². The normalized spacial score (nSPS) is 14.2. The Hall–Kier alpha value is -1.05. The van der Waals surface area contributed by atoms with Gasteiger partial charge in [-0.15, -0.1) is 0 Å². The van der Waals surface area contributed by atoms with Gasteiger partial charge in [-0.3, -0.25) is 4.99 Å². The number of ether oxygens (including phenoxy) is 1. The van der Waals surface area contributed by atoms with Gasteiger partial charge in [0.05, 0.1) is 19.3 Å². The highest BCUT2D eigenvalue weighted by atomic mass is 79.9. The molecule has 4 nitrogen and oxygen atoms in total. The van der Waals surface area contributed by atoms with Crippen molar-refractivity contribution in [2.45, 2.75) is 51.9 Å². The third kappa shape index (κ3) is 6.59. The highest BCUT2D eigenvalue weighted by Crippen LogP contribution is 2.37. The first-order valence-corrected chi connectivity index (χ1v) is 12.8. The standard InChI is InChI=1S/C19H29BrFNO3Si/c1-7-24-18(23)17(14-8-10-15(21)11-9-14)22-13-16(12-20)25-26(5,6)19(2,3)4/h8-11,16H,7,12-13H2,1-6H3/t16-/m0/s1. The zero-order chi connectivity index (χ0) is 20.0. The molecule has 0 saturated carbocycles. The molecular formula is C19H29BrFNO3Si. The monoisotopic (exact) mass is 445 g/mol. The van der Waals surface area contributed by atoms with E-state index in [1.54, 1.807) is 6.92 Å². The summed E-state index contributed by atoms with van der Waals surface area (Å²) in [5, 5.41) is 0.695. The van der Waals surface area contributed by atoms with E-state index in [-0.39, 0.29) is 29.3 Å². The minimum atomic E-state index is -1.96. The molecule has 0 aliphatic rings. The van der Waals surface area contributed by atoms with Gasteiger partial charge in [-0.05, 0) is 49.3 Å². The van der Waals surface area contributed by atoms with Gasteiger partial charge in [0.15, 0.2) is 14.0 Å². The maximum atomic E-state index is 13.2. The molecule has 7 heteroatoms. The lowest BCUT2D eigenvalue weighted by Gasteiger charge is -2.38. The molecule has 0 aliphatic heterocycles. The second kappa shape index (κ2) is 9.76. The van der Waals surface area contributed by atoms with Crippen LogP contribution in [0.2, 0.25) is 18.1 Å². The second-order valence-electron chi connectivity index (χ2n) is 7.57. The number of hydrogen-bond acceptors (Lipinski definition) is 4. The number of carbonyl (C=O) groups excluding carboxylic acids is 1.